The molecule has 6 nitrogen and oxygen atoms in total. The topological polar surface area (TPSA) is 63.5 Å². The van der Waals surface area contributed by atoms with Gasteiger partial charge in [0.2, 0.25) is 0 Å². The Labute approximate surface area is 207 Å². The van der Waals surface area contributed by atoms with Gasteiger partial charge in [-0.1, -0.05) is 48.5 Å². The monoisotopic (exact) mass is 545 g/mol. The summed E-state index contributed by atoms with van der Waals surface area (Å²) in [6, 6.07) is 18.7. The maximum absolute atomic E-state index is 6.01. The number of nitrogens with zero attached hydrogens (tertiary/aromatic N) is 3. The van der Waals surface area contributed by atoms with Crippen LogP contribution in [0.1, 0.15) is 29.8 Å². The first-order chi connectivity index (χ1) is 15.3. The van der Waals surface area contributed by atoms with Gasteiger partial charge in [-0.3, -0.25) is 4.99 Å². The zero-order chi connectivity index (χ0) is 21.3. The van der Waals surface area contributed by atoms with Gasteiger partial charge in [-0.25, -0.2) is 4.98 Å². The molecule has 32 heavy (non-hydrogen) atoms. The fraction of sp³-hybridized carbons (Fsp3) is 0.360. The largest absolute Gasteiger partial charge is 0.493 e. The third-order valence-electron chi connectivity index (χ3n) is 5.51. The summed E-state index contributed by atoms with van der Waals surface area (Å²) in [7, 11) is 1.78. The number of halogens is 1. The van der Waals surface area contributed by atoms with Crippen LogP contribution in [0.3, 0.4) is 0 Å². The van der Waals surface area contributed by atoms with E-state index in [0.717, 1.165) is 48.6 Å². The van der Waals surface area contributed by atoms with Gasteiger partial charge in [0, 0.05) is 38.1 Å². The van der Waals surface area contributed by atoms with Crippen LogP contribution in [0.15, 0.2) is 72.0 Å². The van der Waals surface area contributed by atoms with Crippen LogP contribution in [-0.4, -0.2) is 29.2 Å². The molecule has 1 heterocycles. The predicted octanol–water partition coefficient (Wildman–Crippen LogP) is 4.40. The molecule has 0 aliphatic heterocycles. The second kappa shape index (κ2) is 12.5. The molecule has 2 aromatic carbocycles. The Balaban J connectivity index is 0.00000289. The van der Waals surface area contributed by atoms with E-state index in [4.69, 9.17) is 4.74 Å². The zero-order valence-electron chi connectivity index (χ0n) is 18.5. The number of imidazole rings is 1. The van der Waals surface area contributed by atoms with Gasteiger partial charge in [-0.05, 0) is 36.8 Å². The predicted molar refractivity (Wildman–Crippen MR) is 139 cm³/mol. The average molecular weight is 545 g/mol. The number of aliphatic imine (C=N–C) groups is 1. The molecule has 1 fully saturated rings. The van der Waals surface area contributed by atoms with Crippen molar-refractivity contribution in [3.8, 4) is 5.75 Å². The van der Waals surface area contributed by atoms with Crippen molar-refractivity contribution >= 4 is 29.9 Å². The smallest absolute Gasteiger partial charge is 0.191 e. The van der Waals surface area contributed by atoms with E-state index < -0.39 is 0 Å². The molecule has 0 unspecified atom stereocenters. The molecule has 0 amide bonds. The molecule has 1 aromatic heterocycles. The average Bonchev–Trinajstić information content (AvgIpc) is 3.54. The summed E-state index contributed by atoms with van der Waals surface area (Å²) in [5.74, 6) is 3.43. The first-order valence-electron chi connectivity index (χ1n) is 11.0. The summed E-state index contributed by atoms with van der Waals surface area (Å²) < 4.78 is 8.20. The Morgan fingerprint density at radius 1 is 1.06 bits per heavy atom. The molecule has 170 valence electrons. The molecule has 0 saturated heterocycles. The van der Waals surface area contributed by atoms with Crippen LogP contribution in [0, 0.1) is 5.92 Å². The van der Waals surface area contributed by atoms with Gasteiger partial charge in [0.1, 0.15) is 11.6 Å². The van der Waals surface area contributed by atoms with Crippen molar-refractivity contribution in [3.05, 3.63) is 83.9 Å². The first-order valence-corrected chi connectivity index (χ1v) is 11.0. The molecule has 0 spiro atoms. The Kier molecular flexibility index (Phi) is 9.40. The van der Waals surface area contributed by atoms with Gasteiger partial charge >= 0.3 is 0 Å². The Morgan fingerprint density at radius 3 is 2.59 bits per heavy atom. The van der Waals surface area contributed by atoms with E-state index in [9.17, 15) is 0 Å². The Bertz CT molecular complexity index is 985. The lowest BCUT2D eigenvalue weighted by Crippen LogP contribution is -2.37. The van der Waals surface area contributed by atoms with E-state index in [2.05, 4.69) is 55.5 Å². The second-order valence-electron chi connectivity index (χ2n) is 7.91. The van der Waals surface area contributed by atoms with E-state index >= 15 is 0 Å². The number of rotatable bonds is 10. The van der Waals surface area contributed by atoms with Crippen LogP contribution in [0.4, 0.5) is 0 Å². The SMILES string of the molecule is CN=C(NCc1ccccc1OCC1CC1)NCc1nccn1CCc1ccccc1.I. The number of hydrogen-bond acceptors (Lipinski definition) is 3. The lowest BCUT2D eigenvalue weighted by molar-refractivity contribution is 0.296. The van der Waals surface area contributed by atoms with Gasteiger partial charge in [0.05, 0.1) is 13.2 Å². The van der Waals surface area contributed by atoms with Crippen LogP contribution < -0.4 is 15.4 Å². The first kappa shape index (κ1) is 24.1. The van der Waals surface area contributed by atoms with Gasteiger partial charge in [0.25, 0.3) is 0 Å². The van der Waals surface area contributed by atoms with E-state index in [1.54, 1.807) is 7.05 Å². The molecule has 0 atom stereocenters. The van der Waals surface area contributed by atoms with Crippen molar-refractivity contribution in [2.24, 2.45) is 10.9 Å². The number of benzene rings is 2. The maximum Gasteiger partial charge on any atom is 0.191 e. The lowest BCUT2D eigenvalue weighted by Gasteiger charge is -2.15. The van der Waals surface area contributed by atoms with Crippen molar-refractivity contribution in [1.29, 1.82) is 0 Å². The highest BCUT2D eigenvalue weighted by Gasteiger charge is 2.22. The van der Waals surface area contributed by atoms with Crippen LogP contribution in [-0.2, 0) is 26.1 Å². The number of ether oxygens (including phenoxy) is 1. The maximum atomic E-state index is 6.01. The normalized spacial score (nSPS) is 13.3. The van der Waals surface area contributed by atoms with Crippen molar-refractivity contribution in [3.63, 3.8) is 0 Å². The number of nitrogens with one attached hydrogen (secondary N) is 2. The number of aromatic nitrogens is 2. The van der Waals surface area contributed by atoms with Gasteiger partial charge in [-0.2, -0.15) is 0 Å². The third kappa shape index (κ3) is 7.25. The second-order valence-corrected chi connectivity index (χ2v) is 7.91. The summed E-state index contributed by atoms with van der Waals surface area (Å²) in [6.45, 7) is 2.98. The molecule has 1 aliphatic carbocycles. The van der Waals surface area contributed by atoms with Gasteiger partial charge in [-0.15, -0.1) is 24.0 Å². The van der Waals surface area contributed by atoms with E-state index in [1.165, 1.54) is 18.4 Å². The highest BCUT2D eigenvalue weighted by molar-refractivity contribution is 14.0. The number of guanidine groups is 1. The molecule has 4 rings (SSSR count). The summed E-state index contributed by atoms with van der Waals surface area (Å²) in [5.41, 5.74) is 2.46. The molecule has 1 saturated carbocycles. The summed E-state index contributed by atoms with van der Waals surface area (Å²) in [6.07, 6.45) is 7.44. The Hall–Kier alpha value is -2.55. The minimum absolute atomic E-state index is 0. The van der Waals surface area contributed by atoms with Crippen molar-refractivity contribution < 1.29 is 4.74 Å². The fourth-order valence-electron chi connectivity index (χ4n) is 3.45. The van der Waals surface area contributed by atoms with E-state index in [-0.39, 0.29) is 24.0 Å². The molecule has 1 aliphatic rings. The quantitative estimate of drug-likeness (QED) is 0.225. The van der Waals surface area contributed by atoms with E-state index in [0.29, 0.717) is 13.1 Å². The van der Waals surface area contributed by atoms with Crippen LogP contribution in [0.5, 0.6) is 5.75 Å². The molecule has 0 radical (unpaired) electrons. The van der Waals surface area contributed by atoms with Crippen molar-refractivity contribution in [2.45, 2.75) is 38.9 Å². The highest BCUT2D eigenvalue weighted by Crippen LogP contribution is 2.30. The number of para-hydroxylation sites is 1. The molecule has 2 N–H and O–H groups in total. The van der Waals surface area contributed by atoms with Crippen LogP contribution in [0.2, 0.25) is 0 Å². The van der Waals surface area contributed by atoms with Crippen molar-refractivity contribution in [2.75, 3.05) is 13.7 Å². The molecular weight excluding hydrogens is 513 g/mol. The van der Waals surface area contributed by atoms with Crippen LogP contribution >= 0.6 is 24.0 Å². The summed E-state index contributed by atoms with van der Waals surface area (Å²) in [5, 5.41) is 6.77. The van der Waals surface area contributed by atoms with Gasteiger partial charge in [0.15, 0.2) is 5.96 Å². The molecular formula is C25H32IN5O. The Morgan fingerprint density at radius 2 is 1.81 bits per heavy atom. The minimum atomic E-state index is 0. The van der Waals surface area contributed by atoms with E-state index in [1.807, 2.05) is 36.7 Å². The zero-order valence-corrected chi connectivity index (χ0v) is 20.9. The standard InChI is InChI=1S/C25H31N5O.HI/c1-26-25(28-17-22-9-5-6-10-23(22)31-19-21-11-12-21)29-18-24-27-14-16-30(24)15-13-20-7-3-2-4-8-20;/h2-10,14,16,21H,11-13,15,17-19H2,1H3,(H2,26,28,29);1H. The summed E-state index contributed by atoms with van der Waals surface area (Å²) >= 11 is 0. The summed E-state index contributed by atoms with van der Waals surface area (Å²) in [4.78, 5) is 8.87. The molecule has 3 aromatic rings. The molecule has 0 bridgehead atoms. The van der Waals surface area contributed by atoms with Gasteiger partial charge < -0.3 is 19.9 Å². The fourth-order valence-corrected chi connectivity index (χ4v) is 3.45. The number of hydrogen-bond donors (Lipinski definition) is 2. The lowest BCUT2D eigenvalue weighted by atomic mass is 10.1. The van der Waals surface area contributed by atoms with Crippen molar-refractivity contribution in [1.82, 2.24) is 20.2 Å². The van der Waals surface area contributed by atoms with Crippen LogP contribution in [0.25, 0.3) is 0 Å². The minimum Gasteiger partial charge on any atom is -0.493 e. The number of aryl methyl sites for hydroxylation is 2. The highest BCUT2D eigenvalue weighted by atomic mass is 127. The third-order valence-corrected chi connectivity index (χ3v) is 5.51. The molecule has 7 heteroatoms.